The molecule has 0 spiro atoms. The predicted molar refractivity (Wildman–Crippen MR) is 136 cm³/mol. The number of fused-ring (bicyclic) bond motifs is 1. The normalized spacial score (nSPS) is 18.4. The van der Waals surface area contributed by atoms with E-state index >= 15 is 0 Å². The summed E-state index contributed by atoms with van der Waals surface area (Å²) < 4.78 is 7.76. The topological polar surface area (TPSA) is 57.7 Å². The number of amides is 1. The Morgan fingerprint density at radius 2 is 2.00 bits per heavy atom. The van der Waals surface area contributed by atoms with E-state index in [1.54, 1.807) is 11.3 Å². The first kappa shape index (κ1) is 23.8. The molecule has 1 saturated heterocycles. The fourth-order valence-electron chi connectivity index (χ4n) is 4.86. The zero-order valence-electron chi connectivity index (χ0n) is 19.2. The predicted octanol–water partition coefficient (Wildman–Crippen LogP) is 5.05. The van der Waals surface area contributed by atoms with E-state index in [1.807, 2.05) is 13.0 Å². The van der Waals surface area contributed by atoms with E-state index in [-0.39, 0.29) is 11.8 Å². The Labute approximate surface area is 203 Å². The summed E-state index contributed by atoms with van der Waals surface area (Å²) in [5.41, 5.74) is 0.988. The highest BCUT2D eigenvalue weighted by Crippen LogP contribution is 2.37. The van der Waals surface area contributed by atoms with Crippen LogP contribution in [0.2, 0.25) is 0 Å². The number of carbonyl (C=O) groups excluding carboxylic acids is 1. The quantitative estimate of drug-likeness (QED) is 0.525. The molecular formula is C24H35BrN4O2S. The second-order valence-corrected chi connectivity index (χ2v) is 10.9. The minimum absolute atomic E-state index is 0.110. The summed E-state index contributed by atoms with van der Waals surface area (Å²) in [4.78, 5) is 22.3. The molecule has 0 radical (unpaired) electrons. The zero-order chi connectivity index (χ0) is 22.5. The summed E-state index contributed by atoms with van der Waals surface area (Å²) >= 11 is 5.28. The van der Waals surface area contributed by atoms with Gasteiger partial charge < -0.3 is 19.9 Å². The average molecular weight is 524 g/mol. The second-order valence-electron chi connectivity index (χ2n) is 9.00. The summed E-state index contributed by atoms with van der Waals surface area (Å²) in [6, 6.07) is 4.79. The number of hydrogen-bond donors (Lipinski definition) is 1. The lowest BCUT2D eigenvalue weighted by atomic mass is 9.94. The van der Waals surface area contributed by atoms with Gasteiger partial charge in [0.15, 0.2) is 5.13 Å². The Morgan fingerprint density at radius 3 is 2.72 bits per heavy atom. The van der Waals surface area contributed by atoms with Gasteiger partial charge in [-0.25, -0.2) is 4.98 Å². The number of halogens is 1. The van der Waals surface area contributed by atoms with Crippen molar-refractivity contribution in [3.8, 4) is 5.75 Å². The van der Waals surface area contributed by atoms with Crippen molar-refractivity contribution in [2.24, 2.45) is 5.92 Å². The lowest BCUT2D eigenvalue weighted by molar-refractivity contribution is -0.125. The molecule has 1 aliphatic heterocycles. The lowest BCUT2D eigenvalue weighted by Gasteiger charge is -2.32. The highest BCUT2D eigenvalue weighted by atomic mass is 79.9. The largest absolute Gasteiger partial charge is 0.493 e. The van der Waals surface area contributed by atoms with Gasteiger partial charge in [-0.3, -0.25) is 4.79 Å². The number of benzene rings is 1. The summed E-state index contributed by atoms with van der Waals surface area (Å²) in [6.07, 6.45) is 8.45. The smallest absolute Gasteiger partial charge is 0.223 e. The standard InChI is InChI=1S/C24H35BrN4O2S/c1-3-31-21-16-22-20(15-19(21)25)27-24(32-22)29-12-9-17(10-13-29)23(30)26-11-14-28(2)18-7-5-4-6-8-18/h15-18H,3-14H2,1-2H3,(H,26,30). The van der Waals surface area contributed by atoms with Crippen molar-refractivity contribution in [3.05, 3.63) is 16.6 Å². The third kappa shape index (κ3) is 5.75. The maximum atomic E-state index is 12.7. The van der Waals surface area contributed by atoms with Crippen LogP contribution in [0.15, 0.2) is 16.6 Å². The van der Waals surface area contributed by atoms with Crippen LogP contribution >= 0.6 is 27.3 Å². The fourth-order valence-corrected chi connectivity index (χ4v) is 6.33. The van der Waals surface area contributed by atoms with Gasteiger partial charge in [-0.1, -0.05) is 30.6 Å². The number of hydrogen-bond acceptors (Lipinski definition) is 6. The molecule has 2 aliphatic rings. The van der Waals surface area contributed by atoms with Crippen LogP contribution in [-0.4, -0.2) is 61.7 Å². The first-order valence-corrected chi connectivity index (χ1v) is 13.6. The molecule has 0 unspecified atom stereocenters. The van der Waals surface area contributed by atoms with Crippen LogP contribution in [0.3, 0.4) is 0 Å². The van der Waals surface area contributed by atoms with Crippen molar-refractivity contribution in [3.63, 3.8) is 0 Å². The van der Waals surface area contributed by atoms with Crippen LogP contribution in [0.4, 0.5) is 5.13 Å². The number of carbonyl (C=O) groups is 1. The molecule has 4 rings (SSSR count). The lowest BCUT2D eigenvalue weighted by Crippen LogP contribution is -2.43. The summed E-state index contributed by atoms with van der Waals surface area (Å²) in [7, 11) is 2.20. The molecule has 1 amide bonds. The highest BCUT2D eigenvalue weighted by molar-refractivity contribution is 9.10. The first-order chi connectivity index (χ1) is 15.5. The van der Waals surface area contributed by atoms with E-state index in [4.69, 9.17) is 9.72 Å². The molecule has 1 aromatic heterocycles. The number of piperidine rings is 1. The van der Waals surface area contributed by atoms with Crippen LogP contribution in [0, 0.1) is 5.92 Å². The molecule has 8 heteroatoms. The molecule has 0 atom stereocenters. The fraction of sp³-hybridized carbons (Fsp3) is 0.667. The van der Waals surface area contributed by atoms with Crippen molar-refractivity contribution in [2.45, 2.75) is 57.9 Å². The minimum atomic E-state index is 0.110. The summed E-state index contributed by atoms with van der Waals surface area (Å²) in [5.74, 6) is 1.19. The molecule has 2 fully saturated rings. The molecule has 2 aromatic rings. The highest BCUT2D eigenvalue weighted by Gasteiger charge is 2.27. The van der Waals surface area contributed by atoms with Crippen molar-refractivity contribution >= 4 is 48.5 Å². The van der Waals surface area contributed by atoms with Gasteiger partial charge in [-0.15, -0.1) is 0 Å². The number of anilines is 1. The van der Waals surface area contributed by atoms with Crippen LogP contribution in [-0.2, 0) is 4.79 Å². The van der Waals surface area contributed by atoms with Crippen LogP contribution < -0.4 is 15.0 Å². The maximum absolute atomic E-state index is 12.7. The molecule has 1 N–H and O–H groups in total. The van der Waals surface area contributed by atoms with Gasteiger partial charge in [0.2, 0.25) is 5.91 Å². The van der Waals surface area contributed by atoms with Crippen molar-refractivity contribution in [1.82, 2.24) is 15.2 Å². The van der Waals surface area contributed by atoms with Gasteiger partial charge in [-0.05, 0) is 61.7 Å². The third-order valence-electron chi connectivity index (χ3n) is 6.83. The minimum Gasteiger partial charge on any atom is -0.493 e. The summed E-state index contributed by atoms with van der Waals surface area (Å²) in [5, 5.41) is 4.23. The van der Waals surface area contributed by atoms with E-state index in [0.717, 1.165) is 64.6 Å². The SMILES string of the molecule is CCOc1cc2sc(N3CCC(C(=O)NCCN(C)C4CCCCC4)CC3)nc2cc1Br. The maximum Gasteiger partial charge on any atom is 0.223 e. The van der Waals surface area contributed by atoms with Crippen molar-refractivity contribution in [1.29, 1.82) is 0 Å². The Morgan fingerprint density at radius 1 is 1.25 bits per heavy atom. The monoisotopic (exact) mass is 522 g/mol. The Hall–Kier alpha value is -1.38. The number of nitrogens with one attached hydrogen (secondary N) is 1. The Balaban J connectivity index is 1.25. The molecule has 1 saturated carbocycles. The molecule has 1 aromatic carbocycles. The van der Waals surface area contributed by atoms with Crippen LogP contribution in [0.25, 0.3) is 10.2 Å². The van der Waals surface area contributed by atoms with Gasteiger partial charge in [0.25, 0.3) is 0 Å². The first-order valence-electron chi connectivity index (χ1n) is 12.0. The number of likely N-dealkylation sites (N-methyl/N-ethyl adjacent to an activating group) is 1. The second kappa shape index (κ2) is 11.2. The number of aromatic nitrogens is 1. The molecule has 32 heavy (non-hydrogen) atoms. The van der Waals surface area contributed by atoms with Gasteiger partial charge in [0.05, 0.1) is 21.3 Å². The Kier molecular flexibility index (Phi) is 8.29. The van der Waals surface area contributed by atoms with E-state index in [9.17, 15) is 4.79 Å². The van der Waals surface area contributed by atoms with Crippen LogP contribution in [0.5, 0.6) is 5.75 Å². The zero-order valence-corrected chi connectivity index (χ0v) is 21.6. The van der Waals surface area contributed by atoms with Crippen molar-refractivity contribution < 1.29 is 9.53 Å². The van der Waals surface area contributed by atoms with E-state index in [0.29, 0.717) is 12.6 Å². The van der Waals surface area contributed by atoms with Gasteiger partial charge >= 0.3 is 0 Å². The molecule has 1 aliphatic carbocycles. The summed E-state index contributed by atoms with van der Waals surface area (Å²) in [6.45, 7) is 6.08. The van der Waals surface area contributed by atoms with E-state index in [2.05, 4.69) is 44.2 Å². The number of thiazole rings is 1. The molecule has 6 nitrogen and oxygen atoms in total. The number of ether oxygens (including phenoxy) is 1. The van der Waals surface area contributed by atoms with E-state index in [1.165, 1.54) is 32.1 Å². The Bertz CT molecular complexity index is 907. The number of nitrogens with zero attached hydrogens (tertiary/aromatic N) is 3. The van der Waals surface area contributed by atoms with Crippen molar-refractivity contribution in [2.75, 3.05) is 44.7 Å². The molecule has 0 bridgehead atoms. The molecular weight excluding hydrogens is 488 g/mol. The average Bonchev–Trinajstić information content (AvgIpc) is 3.22. The van der Waals surface area contributed by atoms with Gasteiger partial charge in [0, 0.05) is 44.2 Å². The van der Waals surface area contributed by atoms with Crippen LogP contribution in [0.1, 0.15) is 51.9 Å². The van der Waals surface area contributed by atoms with Gasteiger partial charge in [-0.2, -0.15) is 0 Å². The number of rotatable bonds is 8. The third-order valence-corrected chi connectivity index (χ3v) is 8.53. The molecule has 176 valence electrons. The van der Waals surface area contributed by atoms with E-state index < -0.39 is 0 Å². The van der Waals surface area contributed by atoms with Gasteiger partial charge in [0.1, 0.15) is 5.75 Å². The molecule has 2 heterocycles.